The third-order valence-electron chi connectivity index (χ3n) is 4.63. The second-order valence-corrected chi connectivity index (χ2v) is 6.98. The van der Waals surface area contributed by atoms with Gasteiger partial charge in [0, 0.05) is 46.3 Å². The lowest BCUT2D eigenvalue weighted by atomic mass is 10.1. The molecule has 0 aromatic carbocycles. The van der Waals surface area contributed by atoms with Crippen molar-refractivity contribution in [3.8, 4) is 0 Å². The summed E-state index contributed by atoms with van der Waals surface area (Å²) in [4.78, 5) is 20.4. The van der Waals surface area contributed by atoms with Gasteiger partial charge in [0.05, 0.1) is 6.54 Å². The third kappa shape index (κ3) is 8.00. The van der Waals surface area contributed by atoms with E-state index in [1.54, 1.807) is 4.90 Å². The number of nitrogens with zero attached hydrogens (tertiary/aromatic N) is 3. The summed E-state index contributed by atoms with van der Waals surface area (Å²) in [5, 5.41) is 6.91. The third-order valence-corrected chi connectivity index (χ3v) is 4.63. The Morgan fingerprint density at radius 3 is 2.42 bits per heavy atom. The topological polar surface area (TPSA) is 60.0 Å². The molecule has 0 radical (unpaired) electrons. The highest BCUT2D eigenvalue weighted by Gasteiger charge is 2.22. The van der Waals surface area contributed by atoms with Gasteiger partial charge >= 0.3 is 0 Å². The van der Waals surface area contributed by atoms with Gasteiger partial charge in [-0.2, -0.15) is 0 Å². The molecule has 0 spiro atoms. The van der Waals surface area contributed by atoms with Gasteiger partial charge in [-0.1, -0.05) is 12.8 Å². The molecule has 6 nitrogen and oxygen atoms in total. The minimum atomic E-state index is 0. The molecule has 24 heavy (non-hydrogen) atoms. The number of hydrogen-bond donors (Lipinski definition) is 2. The maximum atomic E-state index is 11.8. The standard InChI is InChI=1S/C17H33N5O.HI/c1-4-18-17(19-10-7-14-5-6-14)20-15-8-11-22(12-9-15)13-16(23)21(2)3;/h14-15H,4-13H2,1-3H3,(H2,18,19,20);1H. The molecular weight excluding hydrogens is 417 g/mol. The van der Waals surface area contributed by atoms with E-state index >= 15 is 0 Å². The van der Waals surface area contributed by atoms with E-state index in [1.807, 2.05) is 14.1 Å². The minimum absolute atomic E-state index is 0. The van der Waals surface area contributed by atoms with Crippen molar-refractivity contribution in [1.82, 2.24) is 20.4 Å². The van der Waals surface area contributed by atoms with Crippen LogP contribution in [0.2, 0.25) is 0 Å². The summed E-state index contributed by atoms with van der Waals surface area (Å²) >= 11 is 0. The van der Waals surface area contributed by atoms with E-state index < -0.39 is 0 Å². The molecule has 1 saturated heterocycles. The zero-order chi connectivity index (χ0) is 16.7. The largest absolute Gasteiger partial charge is 0.357 e. The van der Waals surface area contributed by atoms with Crippen molar-refractivity contribution in [3.63, 3.8) is 0 Å². The van der Waals surface area contributed by atoms with Gasteiger partial charge < -0.3 is 15.5 Å². The van der Waals surface area contributed by atoms with Crippen molar-refractivity contribution in [2.75, 3.05) is 46.8 Å². The van der Waals surface area contributed by atoms with Gasteiger partial charge in [0.2, 0.25) is 5.91 Å². The van der Waals surface area contributed by atoms with Crippen LogP contribution >= 0.6 is 24.0 Å². The highest BCUT2D eigenvalue weighted by molar-refractivity contribution is 14.0. The van der Waals surface area contributed by atoms with E-state index in [4.69, 9.17) is 4.99 Å². The van der Waals surface area contributed by atoms with E-state index in [0.29, 0.717) is 12.6 Å². The Morgan fingerprint density at radius 2 is 1.88 bits per heavy atom. The highest BCUT2D eigenvalue weighted by atomic mass is 127. The van der Waals surface area contributed by atoms with E-state index in [-0.39, 0.29) is 29.9 Å². The molecule has 1 aliphatic heterocycles. The van der Waals surface area contributed by atoms with Crippen LogP contribution in [-0.4, -0.2) is 74.5 Å². The van der Waals surface area contributed by atoms with Crippen molar-refractivity contribution in [2.45, 2.75) is 45.1 Å². The van der Waals surface area contributed by atoms with Gasteiger partial charge in [-0.05, 0) is 32.1 Å². The van der Waals surface area contributed by atoms with E-state index in [1.165, 1.54) is 19.3 Å². The summed E-state index contributed by atoms with van der Waals surface area (Å²) in [6, 6.07) is 0.458. The van der Waals surface area contributed by atoms with Gasteiger partial charge in [-0.3, -0.25) is 14.7 Å². The average Bonchev–Trinajstić information content (AvgIpc) is 3.33. The summed E-state index contributed by atoms with van der Waals surface area (Å²) in [6.07, 6.45) is 6.14. The predicted molar refractivity (Wildman–Crippen MR) is 110 cm³/mol. The molecular formula is C17H34IN5O. The molecule has 7 heteroatoms. The average molecular weight is 451 g/mol. The van der Waals surface area contributed by atoms with Gasteiger partial charge in [-0.25, -0.2) is 0 Å². The highest BCUT2D eigenvalue weighted by Crippen LogP contribution is 2.32. The lowest BCUT2D eigenvalue weighted by Crippen LogP contribution is -2.50. The van der Waals surface area contributed by atoms with Gasteiger partial charge in [0.25, 0.3) is 0 Å². The molecule has 1 saturated carbocycles. The van der Waals surface area contributed by atoms with Gasteiger partial charge in [0.15, 0.2) is 5.96 Å². The summed E-state index contributed by atoms with van der Waals surface area (Å²) in [6.45, 7) is 6.40. The molecule has 0 aromatic rings. The van der Waals surface area contributed by atoms with Gasteiger partial charge in [-0.15, -0.1) is 24.0 Å². The molecule has 1 amide bonds. The first-order valence-corrected chi connectivity index (χ1v) is 9.05. The Labute approximate surface area is 163 Å². The quantitative estimate of drug-likeness (QED) is 0.350. The number of halogens is 1. The lowest BCUT2D eigenvalue weighted by Gasteiger charge is -2.33. The first-order chi connectivity index (χ1) is 11.1. The number of hydrogen-bond acceptors (Lipinski definition) is 3. The minimum Gasteiger partial charge on any atom is -0.357 e. The van der Waals surface area contributed by atoms with Crippen LogP contribution in [0.4, 0.5) is 0 Å². The maximum Gasteiger partial charge on any atom is 0.236 e. The van der Waals surface area contributed by atoms with E-state index in [2.05, 4.69) is 22.5 Å². The molecule has 2 fully saturated rings. The van der Waals surface area contributed by atoms with Crippen LogP contribution in [0, 0.1) is 5.92 Å². The number of likely N-dealkylation sites (N-methyl/N-ethyl adjacent to an activating group) is 1. The van der Waals surface area contributed by atoms with Crippen LogP contribution in [0.1, 0.15) is 39.0 Å². The molecule has 0 bridgehead atoms. The van der Waals surface area contributed by atoms with Crippen LogP contribution in [-0.2, 0) is 4.79 Å². The molecule has 2 rings (SSSR count). The molecule has 0 unspecified atom stereocenters. The Kier molecular flexibility index (Phi) is 9.95. The Bertz CT molecular complexity index is 404. The fourth-order valence-electron chi connectivity index (χ4n) is 2.85. The van der Waals surface area contributed by atoms with E-state index in [9.17, 15) is 4.79 Å². The fraction of sp³-hybridized carbons (Fsp3) is 0.882. The number of likely N-dealkylation sites (tertiary alicyclic amines) is 1. The number of carbonyl (C=O) groups excluding carboxylic acids is 1. The van der Waals surface area contributed by atoms with Crippen LogP contribution < -0.4 is 10.6 Å². The second kappa shape index (κ2) is 11.1. The van der Waals surface area contributed by atoms with Crippen LogP contribution in [0.25, 0.3) is 0 Å². The molecule has 140 valence electrons. The normalized spacial score (nSPS) is 19.5. The van der Waals surface area contributed by atoms with Crippen LogP contribution in [0.5, 0.6) is 0 Å². The molecule has 2 aliphatic rings. The van der Waals surface area contributed by atoms with Crippen molar-refractivity contribution in [3.05, 3.63) is 0 Å². The number of guanidine groups is 1. The van der Waals surface area contributed by atoms with Crippen LogP contribution in [0.3, 0.4) is 0 Å². The number of nitrogens with one attached hydrogen (secondary N) is 2. The molecule has 1 aliphatic carbocycles. The zero-order valence-electron chi connectivity index (χ0n) is 15.4. The monoisotopic (exact) mass is 451 g/mol. The first-order valence-electron chi connectivity index (χ1n) is 9.05. The summed E-state index contributed by atoms with van der Waals surface area (Å²) in [5.74, 6) is 2.07. The van der Waals surface area contributed by atoms with Crippen LogP contribution in [0.15, 0.2) is 4.99 Å². The summed E-state index contributed by atoms with van der Waals surface area (Å²) < 4.78 is 0. The van der Waals surface area contributed by atoms with E-state index in [0.717, 1.165) is 50.9 Å². The number of rotatable bonds is 7. The smallest absolute Gasteiger partial charge is 0.236 e. The summed E-state index contributed by atoms with van der Waals surface area (Å²) in [7, 11) is 3.63. The lowest BCUT2D eigenvalue weighted by molar-refractivity contribution is -0.130. The number of amides is 1. The number of piperidine rings is 1. The summed E-state index contributed by atoms with van der Waals surface area (Å²) in [5.41, 5.74) is 0. The predicted octanol–water partition coefficient (Wildman–Crippen LogP) is 1.51. The maximum absolute atomic E-state index is 11.8. The molecule has 0 atom stereocenters. The second-order valence-electron chi connectivity index (χ2n) is 6.98. The van der Waals surface area contributed by atoms with Crippen molar-refractivity contribution >= 4 is 35.8 Å². The van der Waals surface area contributed by atoms with Crippen molar-refractivity contribution in [2.24, 2.45) is 10.9 Å². The molecule has 0 aromatic heterocycles. The fourth-order valence-corrected chi connectivity index (χ4v) is 2.85. The van der Waals surface area contributed by atoms with Crippen molar-refractivity contribution < 1.29 is 4.79 Å². The zero-order valence-corrected chi connectivity index (χ0v) is 17.7. The Hall–Kier alpha value is -0.570. The molecule has 2 N–H and O–H groups in total. The molecule has 1 heterocycles. The van der Waals surface area contributed by atoms with Crippen molar-refractivity contribution in [1.29, 1.82) is 0 Å². The SMILES string of the molecule is CCNC(=NCCC1CC1)NC1CCN(CC(=O)N(C)C)CC1.I. The van der Waals surface area contributed by atoms with Gasteiger partial charge in [0.1, 0.15) is 0 Å². The Balaban J connectivity index is 0.00000288. The number of carbonyl (C=O) groups is 1. The Morgan fingerprint density at radius 1 is 1.21 bits per heavy atom. The first kappa shape index (κ1) is 21.5. The number of aliphatic imine (C=N–C) groups is 1.